The van der Waals surface area contributed by atoms with E-state index in [-0.39, 0.29) is 0 Å². The average Bonchev–Trinajstić information content (AvgIpc) is 2.48. The van der Waals surface area contributed by atoms with Crippen LogP contribution in [0.5, 0.6) is 5.88 Å². The fraction of sp³-hybridized carbons (Fsp3) is 0.333. The van der Waals surface area contributed by atoms with Crippen LogP contribution in [0.2, 0.25) is 0 Å². The monoisotopic (exact) mass is 257 g/mol. The molecular formula is C15H19N3O. The molecule has 4 nitrogen and oxygen atoms in total. The van der Waals surface area contributed by atoms with Gasteiger partial charge in [-0.2, -0.15) is 0 Å². The van der Waals surface area contributed by atoms with Gasteiger partial charge in [-0.05, 0) is 30.2 Å². The van der Waals surface area contributed by atoms with Crippen molar-refractivity contribution in [2.24, 2.45) is 5.73 Å². The maximum Gasteiger partial charge on any atom is 0.213 e. The quantitative estimate of drug-likeness (QED) is 0.861. The van der Waals surface area contributed by atoms with E-state index in [0.29, 0.717) is 19.0 Å². The summed E-state index contributed by atoms with van der Waals surface area (Å²) < 4.78 is 5.69. The summed E-state index contributed by atoms with van der Waals surface area (Å²) in [5.41, 5.74) is 8.76. The van der Waals surface area contributed by atoms with E-state index >= 15 is 0 Å². The van der Waals surface area contributed by atoms with E-state index in [0.717, 1.165) is 29.8 Å². The Morgan fingerprint density at radius 3 is 2.79 bits per heavy atom. The summed E-state index contributed by atoms with van der Waals surface area (Å²) in [4.78, 5) is 8.69. The minimum Gasteiger partial charge on any atom is -0.477 e. The van der Waals surface area contributed by atoms with Crippen LogP contribution >= 0.6 is 0 Å². The molecule has 0 aliphatic heterocycles. The first-order valence-corrected chi connectivity index (χ1v) is 6.54. The lowest BCUT2D eigenvalue weighted by molar-refractivity contribution is 0.307. The summed E-state index contributed by atoms with van der Waals surface area (Å²) in [6.45, 7) is 3.15. The first kappa shape index (κ1) is 13.5. The van der Waals surface area contributed by atoms with E-state index < -0.39 is 0 Å². The van der Waals surface area contributed by atoms with Crippen LogP contribution in [0.3, 0.4) is 0 Å². The lowest BCUT2D eigenvalue weighted by Crippen LogP contribution is -2.06. The Morgan fingerprint density at radius 1 is 1.21 bits per heavy atom. The van der Waals surface area contributed by atoms with E-state index in [1.165, 1.54) is 0 Å². The van der Waals surface area contributed by atoms with Gasteiger partial charge in [0.2, 0.25) is 5.88 Å². The van der Waals surface area contributed by atoms with Crippen LogP contribution in [0.4, 0.5) is 0 Å². The Labute approximate surface area is 113 Å². The van der Waals surface area contributed by atoms with Gasteiger partial charge in [-0.25, -0.2) is 4.98 Å². The van der Waals surface area contributed by atoms with Crippen LogP contribution in [0.1, 0.15) is 23.9 Å². The molecule has 0 unspecified atom stereocenters. The van der Waals surface area contributed by atoms with Crippen molar-refractivity contribution in [1.29, 1.82) is 0 Å². The Bertz CT molecular complexity index is 492. The molecule has 0 spiro atoms. The van der Waals surface area contributed by atoms with Crippen molar-refractivity contribution >= 4 is 0 Å². The fourth-order valence-corrected chi connectivity index (χ4v) is 1.80. The van der Waals surface area contributed by atoms with E-state index in [2.05, 4.69) is 16.9 Å². The third kappa shape index (κ3) is 4.03. The second-order valence-corrected chi connectivity index (χ2v) is 4.28. The van der Waals surface area contributed by atoms with Gasteiger partial charge in [0.15, 0.2) is 0 Å². The van der Waals surface area contributed by atoms with E-state index in [4.69, 9.17) is 10.5 Å². The summed E-state index contributed by atoms with van der Waals surface area (Å²) >= 11 is 0. The van der Waals surface area contributed by atoms with Crippen molar-refractivity contribution in [2.45, 2.75) is 26.3 Å². The van der Waals surface area contributed by atoms with Crippen LogP contribution in [0.25, 0.3) is 0 Å². The van der Waals surface area contributed by atoms with Gasteiger partial charge in [-0.3, -0.25) is 4.98 Å². The summed E-state index contributed by atoms with van der Waals surface area (Å²) in [5.74, 6) is 0.649. The number of hydrogen-bond donors (Lipinski definition) is 1. The van der Waals surface area contributed by atoms with Gasteiger partial charge in [0, 0.05) is 36.6 Å². The molecule has 4 heteroatoms. The molecule has 2 N–H and O–H groups in total. The third-order valence-electron chi connectivity index (χ3n) is 2.85. The van der Waals surface area contributed by atoms with Crippen molar-refractivity contribution in [3.63, 3.8) is 0 Å². The molecule has 0 saturated carbocycles. The summed E-state index contributed by atoms with van der Waals surface area (Å²) in [7, 11) is 0. The topological polar surface area (TPSA) is 61.0 Å². The number of nitrogens with zero attached hydrogens (tertiary/aromatic N) is 2. The van der Waals surface area contributed by atoms with E-state index in [9.17, 15) is 0 Å². The van der Waals surface area contributed by atoms with Crippen LogP contribution in [0, 0.1) is 0 Å². The zero-order valence-electron chi connectivity index (χ0n) is 11.2. The molecule has 0 saturated heterocycles. The van der Waals surface area contributed by atoms with Gasteiger partial charge < -0.3 is 10.5 Å². The second kappa shape index (κ2) is 6.85. The fourth-order valence-electron chi connectivity index (χ4n) is 1.80. The number of rotatable bonds is 6. The van der Waals surface area contributed by atoms with Gasteiger partial charge in [0.25, 0.3) is 0 Å². The first-order chi connectivity index (χ1) is 9.31. The number of nitrogens with two attached hydrogens (primary N) is 1. The number of hydrogen-bond acceptors (Lipinski definition) is 4. The number of pyridine rings is 2. The highest BCUT2D eigenvalue weighted by atomic mass is 16.5. The Morgan fingerprint density at radius 2 is 2.11 bits per heavy atom. The van der Waals surface area contributed by atoms with Gasteiger partial charge in [-0.15, -0.1) is 0 Å². The molecular weight excluding hydrogens is 238 g/mol. The molecule has 0 aliphatic rings. The summed E-state index contributed by atoms with van der Waals surface area (Å²) in [5, 5.41) is 0. The van der Waals surface area contributed by atoms with E-state index in [1.807, 2.05) is 30.3 Å². The molecule has 2 aromatic heterocycles. The molecule has 0 radical (unpaired) electrons. The second-order valence-electron chi connectivity index (χ2n) is 4.28. The Hall–Kier alpha value is -1.94. The third-order valence-corrected chi connectivity index (χ3v) is 2.85. The maximum absolute atomic E-state index is 5.69. The number of ether oxygens (including phenoxy) is 1. The van der Waals surface area contributed by atoms with Gasteiger partial charge in [-0.1, -0.05) is 13.0 Å². The van der Waals surface area contributed by atoms with Crippen LogP contribution in [0.15, 0.2) is 36.5 Å². The van der Waals surface area contributed by atoms with Gasteiger partial charge >= 0.3 is 0 Å². The van der Waals surface area contributed by atoms with Gasteiger partial charge in [0.1, 0.15) is 0 Å². The van der Waals surface area contributed by atoms with Gasteiger partial charge in [0.05, 0.1) is 6.61 Å². The predicted molar refractivity (Wildman–Crippen MR) is 74.9 cm³/mol. The zero-order valence-corrected chi connectivity index (χ0v) is 11.2. The summed E-state index contributed by atoms with van der Waals surface area (Å²) in [6.07, 6.45) is 3.44. The highest BCUT2D eigenvalue weighted by molar-refractivity contribution is 5.25. The molecule has 0 bridgehead atoms. The van der Waals surface area contributed by atoms with Crippen molar-refractivity contribution < 1.29 is 4.74 Å². The lowest BCUT2D eigenvalue weighted by atomic mass is 10.2. The van der Waals surface area contributed by atoms with Crippen molar-refractivity contribution in [3.05, 3.63) is 53.5 Å². The minimum absolute atomic E-state index is 0.506. The zero-order chi connectivity index (χ0) is 13.5. The van der Waals surface area contributed by atoms with E-state index in [1.54, 1.807) is 6.20 Å². The number of aryl methyl sites for hydroxylation is 1. The van der Waals surface area contributed by atoms with Crippen LogP contribution in [-0.2, 0) is 19.4 Å². The maximum atomic E-state index is 5.69. The molecule has 0 fully saturated rings. The minimum atomic E-state index is 0.506. The van der Waals surface area contributed by atoms with Crippen molar-refractivity contribution in [3.8, 4) is 5.88 Å². The summed E-state index contributed by atoms with van der Waals surface area (Å²) in [6, 6.07) is 9.79. The van der Waals surface area contributed by atoms with Crippen molar-refractivity contribution in [1.82, 2.24) is 9.97 Å². The first-order valence-electron chi connectivity index (χ1n) is 6.54. The smallest absolute Gasteiger partial charge is 0.213 e. The largest absolute Gasteiger partial charge is 0.477 e. The van der Waals surface area contributed by atoms with Crippen molar-refractivity contribution in [2.75, 3.05) is 6.61 Å². The molecule has 0 aromatic carbocycles. The molecule has 2 aromatic rings. The van der Waals surface area contributed by atoms with Crippen LogP contribution in [-0.4, -0.2) is 16.6 Å². The lowest BCUT2D eigenvalue weighted by Gasteiger charge is -2.08. The average molecular weight is 257 g/mol. The SMILES string of the molecule is CCc1cc(CN)cc(OCCc2ccccn2)n1. The molecule has 0 atom stereocenters. The molecule has 0 amide bonds. The Kier molecular flexibility index (Phi) is 4.86. The molecule has 0 aliphatic carbocycles. The standard InChI is InChI=1S/C15H19N3O/c1-2-13-9-12(11-16)10-15(18-13)19-8-6-14-5-3-4-7-17-14/h3-5,7,9-10H,2,6,8,11,16H2,1H3. The molecule has 19 heavy (non-hydrogen) atoms. The highest BCUT2D eigenvalue weighted by Gasteiger charge is 2.02. The molecule has 100 valence electrons. The van der Waals surface area contributed by atoms with Crippen LogP contribution < -0.4 is 10.5 Å². The number of aromatic nitrogens is 2. The molecule has 2 heterocycles. The normalized spacial score (nSPS) is 10.4. The predicted octanol–water partition coefficient (Wildman–Crippen LogP) is 2.12. The Balaban J connectivity index is 1.95. The highest BCUT2D eigenvalue weighted by Crippen LogP contribution is 2.13. The molecule has 2 rings (SSSR count).